The molecule has 0 fully saturated rings. The molecule has 0 spiro atoms. The van der Waals surface area contributed by atoms with Crippen LogP contribution >= 0.6 is 0 Å². The maximum atomic E-state index is 12.1. The van der Waals surface area contributed by atoms with Crippen molar-refractivity contribution in [2.24, 2.45) is 5.73 Å². The highest BCUT2D eigenvalue weighted by atomic mass is 32.2. The van der Waals surface area contributed by atoms with Gasteiger partial charge < -0.3 is 16.4 Å². The molecular weight excluding hydrogens is 392 g/mol. The van der Waals surface area contributed by atoms with Crippen molar-refractivity contribution in [3.8, 4) is 0 Å². The highest BCUT2D eigenvalue weighted by Gasteiger charge is 2.17. The second-order valence-corrected chi connectivity index (χ2v) is 8.73. The molecular formula is C20H26N4O4S. The monoisotopic (exact) mass is 418 g/mol. The van der Waals surface area contributed by atoms with Crippen LogP contribution in [0.15, 0.2) is 53.4 Å². The molecule has 0 bridgehead atoms. The van der Waals surface area contributed by atoms with Gasteiger partial charge in [0.2, 0.25) is 10.0 Å². The number of carbonyl (C=O) groups is 2. The predicted molar refractivity (Wildman–Crippen MR) is 111 cm³/mol. The number of hydrogen-bond acceptors (Lipinski definition) is 5. The zero-order valence-corrected chi connectivity index (χ0v) is 17.3. The second-order valence-electron chi connectivity index (χ2n) is 6.58. The third-order valence-electron chi connectivity index (χ3n) is 4.27. The van der Waals surface area contributed by atoms with Crippen LogP contribution in [-0.4, -0.2) is 51.7 Å². The highest BCUT2D eigenvalue weighted by Crippen LogP contribution is 2.14. The van der Waals surface area contributed by atoms with Crippen LogP contribution in [0, 0.1) is 0 Å². The predicted octanol–water partition coefficient (Wildman–Crippen LogP) is 0.946. The molecule has 0 atom stereocenters. The van der Waals surface area contributed by atoms with Gasteiger partial charge in [-0.05, 0) is 48.4 Å². The number of carbonyl (C=O) groups excluding carboxylic acids is 2. The van der Waals surface area contributed by atoms with Crippen LogP contribution in [0.25, 0.3) is 0 Å². The number of amides is 2. The van der Waals surface area contributed by atoms with Crippen molar-refractivity contribution < 1.29 is 18.0 Å². The molecule has 0 radical (unpaired) electrons. The van der Waals surface area contributed by atoms with Gasteiger partial charge in [-0.3, -0.25) is 9.59 Å². The van der Waals surface area contributed by atoms with E-state index in [1.54, 1.807) is 12.1 Å². The Balaban J connectivity index is 1.76. The first-order valence-electron chi connectivity index (χ1n) is 9.13. The standard InChI is InChI=1S/C20H26N4O4S/c1-24(2)29(27,28)18-10-8-17(9-11-18)20(26)23-13-3-12-22-19(25)16-6-4-15(14-21)5-7-16/h4-11H,3,12-14,21H2,1-2H3,(H,22,25)(H,23,26). The summed E-state index contributed by atoms with van der Waals surface area (Å²) in [5.41, 5.74) is 7.41. The Morgan fingerprint density at radius 2 is 1.31 bits per heavy atom. The molecule has 4 N–H and O–H groups in total. The quantitative estimate of drug-likeness (QED) is 0.524. The van der Waals surface area contributed by atoms with E-state index in [9.17, 15) is 18.0 Å². The summed E-state index contributed by atoms with van der Waals surface area (Å²) in [4.78, 5) is 24.3. The van der Waals surface area contributed by atoms with E-state index in [1.165, 1.54) is 38.4 Å². The van der Waals surface area contributed by atoms with Crippen LogP contribution in [0.4, 0.5) is 0 Å². The van der Waals surface area contributed by atoms with Gasteiger partial charge in [-0.25, -0.2) is 12.7 Å². The molecule has 0 aliphatic heterocycles. The van der Waals surface area contributed by atoms with Crippen molar-refractivity contribution in [3.05, 3.63) is 65.2 Å². The van der Waals surface area contributed by atoms with E-state index < -0.39 is 10.0 Å². The van der Waals surface area contributed by atoms with E-state index in [1.807, 2.05) is 12.1 Å². The zero-order chi connectivity index (χ0) is 21.4. The minimum absolute atomic E-state index is 0.126. The minimum Gasteiger partial charge on any atom is -0.352 e. The van der Waals surface area contributed by atoms with Gasteiger partial charge >= 0.3 is 0 Å². The summed E-state index contributed by atoms with van der Waals surface area (Å²) in [6.07, 6.45) is 0.561. The molecule has 0 aliphatic rings. The molecule has 156 valence electrons. The van der Waals surface area contributed by atoms with Crippen molar-refractivity contribution in [1.29, 1.82) is 0 Å². The summed E-state index contributed by atoms with van der Waals surface area (Å²) in [7, 11) is -0.627. The van der Waals surface area contributed by atoms with Crippen molar-refractivity contribution in [1.82, 2.24) is 14.9 Å². The van der Waals surface area contributed by atoms with Gasteiger partial charge in [-0.2, -0.15) is 0 Å². The fraction of sp³-hybridized carbons (Fsp3) is 0.300. The van der Waals surface area contributed by atoms with Crippen molar-refractivity contribution in [2.45, 2.75) is 17.9 Å². The molecule has 2 amide bonds. The molecule has 0 heterocycles. The molecule has 2 aromatic carbocycles. The lowest BCUT2D eigenvalue weighted by Gasteiger charge is -2.11. The molecule has 29 heavy (non-hydrogen) atoms. The van der Waals surface area contributed by atoms with E-state index in [0.717, 1.165) is 9.87 Å². The van der Waals surface area contributed by atoms with Crippen LogP contribution in [0.1, 0.15) is 32.7 Å². The number of benzene rings is 2. The Morgan fingerprint density at radius 1 is 0.862 bits per heavy atom. The lowest BCUT2D eigenvalue weighted by molar-refractivity contribution is 0.0951. The van der Waals surface area contributed by atoms with Crippen LogP contribution in [0.3, 0.4) is 0 Å². The number of rotatable bonds is 9. The summed E-state index contributed by atoms with van der Waals surface area (Å²) >= 11 is 0. The average Bonchev–Trinajstić information content (AvgIpc) is 2.73. The molecule has 0 aromatic heterocycles. The van der Waals surface area contributed by atoms with Crippen LogP contribution in [0.5, 0.6) is 0 Å². The largest absolute Gasteiger partial charge is 0.352 e. The third kappa shape index (κ3) is 6.11. The van der Waals surface area contributed by atoms with Crippen molar-refractivity contribution in [3.63, 3.8) is 0 Å². The van der Waals surface area contributed by atoms with Gasteiger partial charge in [0.15, 0.2) is 0 Å². The minimum atomic E-state index is -3.52. The van der Waals surface area contributed by atoms with E-state index >= 15 is 0 Å². The molecule has 0 saturated heterocycles. The van der Waals surface area contributed by atoms with Gasteiger partial charge in [0, 0.05) is 44.9 Å². The average molecular weight is 419 g/mol. The van der Waals surface area contributed by atoms with Crippen molar-refractivity contribution >= 4 is 21.8 Å². The lowest BCUT2D eigenvalue weighted by atomic mass is 10.1. The zero-order valence-electron chi connectivity index (χ0n) is 16.5. The first-order valence-corrected chi connectivity index (χ1v) is 10.6. The van der Waals surface area contributed by atoms with E-state index in [4.69, 9.17) is 5.73 Å². The van der Waals surface area contributed by atoms with E-state index in [0.29, 0.717) is 37.2 Å². The van der Waals surface area contributed by atoms with E-state index in [2.05, 4.69) is 10.6 Å². The summed E-state index contributed by atoms with van der Waals surface area (Å²) in [6, 6.07) is 12.8. The number of nitrogens with zero attached hydrogens (tertiary/aromatic N) is 1. The highest BCUT2D eigenvalue weighted by molar-refractivity contribution is 7.89. The second kappa shape index (κ2) is 10.1. The van der Waals surface area contributed by atoms with Gasteiger partial charge in [-0.15, -0.1) is 0 Å². The van der Waals surface area contributed by atoms with Gasteiger partial charge in [0.1, 0.15) is 0 Å². The number of nitrogens with two attached hydrogens (primary N) is 1. The number of hydrogen-bond donors (Lipinski definition) is 3. The maximum absolute atomic E-state index is 12.1. The Labute approximate surface area is 171 Å². The van der Waals surface area contributed by atoms with Crippen LogP contribution < -0.4 is 16.4 Å². The van der Waals surface area contributed by atoms with Gasteiger partial charge in [-0.1, -0.05) is 12.1 Å². The summed E-state index contributed by atoms with van der Waals surface area (Å²) in [5, 5.41) is 5.54. The SMILES string of the molecule is CN(C)S(=O)(=O)c1ccc(C(=O)NCCCNC(=O)c2ccc(CN)cc2)cc1. The molecule has 2 rings (SSSR count). The molecule has 8 nitrogen and oxygen atoms in total. The summed E-state index contributed by atoms with van der Waals surface area (Å²) in [5.74, 6) is -0.486. The molecule has 0 saturated carbocycles. The van der Waals surface area contributed by atoms with Crippen LogP contribution in [0.2, 0.25) is 0 Å². The molecule has 0 unspecified atom stereocenters. The Hall–Kier alpha value is -2.75. The first kappa shape index (κ1) is 22.5. The number of sulfonamides is 1. The third-order valence-corrected chi connectivity index (χ3v) is 6.10. The van der Waals surface area contributed by atoms with Crippen LogP contribution in [-0.2, 0) is 16.6 Å². The molecule has 9 heteroatoms. The van der Waals surface area contributed by atoms with Gasteiger partial charge in [0.05, 0.1) is 4.90 Å². The lowest BCUT2D eigenvalue weighted by Crippen LogP contribution is -2.30. The fourth-order valence-corrected chi connectivity index (χ4v) is 3.38. The smallest absolute Gasteiger partial charge is 0.251 e. The fourth-order valence-electron chi connectivity index (χ4n) is 2.48. The van der Waals surface area contributed by atoms with Crippen molar-refractivity contribution in [2.75, 3.05) is 27.2 Å². The first-order chi connectivity index (χ1) is 13.8. The topological polar surface area (TPSA) is 122 Å². The summed E-state index contributed by atoms with van der Waals surface area (Å²) < 4.78 is 25.2. The Kier molecular flexibility index (Phi) is 7.89. The Bertz CT molecular complexity index is 939. The Morgan fingerprint density at radius 3 is 1.72 bits per heavy atom. The molecule has 0 aliphatic carbocycles. The van der Waals surface area contributed by atoms with E-state index in [-0.39, 0.29) is 16.7 Å². The summed E-state index contributed by atoms with van der Waals surface area (Å²) in [6.45, 7) is 1.22. The number of nitrogens with one attached hydrogen (secondary N) is 2. The van der Waals surface area contributed by atoms with Gasteiger partial charge in [0.25, 0.3) is 11.8 Å². The normalized spacial score (nSPS) is 11.3. The maximum Gasteiger partial charge on any atom is 0.251 e. The molecule has 2 aromatic rings.